The molecule has 0 fully saturated rings. The largest absolute Gasteiger partial charge is 0.426 e. The molecule has 0 saturated carbocycles. The summed E-state index contributed by atoms with van der Waals surface area (Å²) in [5.41, 5.74) is 4.06. The highest BCUT2D eigenvalue weighted by Gasteiger charge is 2.15. The number of rotatable bonds is 6. The maximum Gasteiger partial charge on any atom is 0.312 e. The van der Waals surface area contributed by atoms with Crippen molar-refractivity contribution in [3.63, 3.8) is 0 Å². The first-order chi connectivity index (χ1) is 11.9. The summed E-state index contributed by atoms with van der Waals surface area (Å²) >= 11 is 0. The topological polar surface area (TPSA) is 46.6 Å². The number of carbonyl (C=O) groups excluding carboxylic acids is 2. The number of esters is 1. The first kappa shape index (κ1) is 18.7. The summed E-state index contributed by atoms with van der Waals surface area (Å²) < 4.78 is 5.53. The third kappa shape index (κ3) is 5.45. The van der Waals surface area contributed by atoms with Crippen LogP contribution in [0.4, 0.5) is 0 Å². The number of ether oxygens (including phenoxy) is 1. The monoisotopic (exact) mass is 339 g/mol. The number of benzene rings is 2. The van der Waals surface area contributed by atoms with Crippen LogP contribution in [-0.2, 0) is 16.1 Å². The molecule has 0 atom stereocenters. The van der Waals surface area contributed by atoms with Crippen molar-refractivity contribution in [1.29, 1.82) is 0 Å². The van der Waals surface area contributed by atoms with Gasteiger partial charge in [0.1, 0.15) is 5.75 Å². The lowest BCUT2D eigenvalue weighted by Gasteiger charge is -2.21. The first-order valence-electron chi connectivity index (χ1n) is 8.45. The van der Waals surface area contributed by atoms with Crippen molar-refractivity contribution in [1.82, 2.24) is 4.90 Å². The predicted molar refractivity (Wildman–Crippen MR) is 98.4 cm³/mol. The van der Waals surface area contributed by atoms with Gasteiger partial charge in [-0.05, 0) is 37.5 Å². The maximum absolute atomic E-state index is 12.2. The Morgan fingerprint density at radius 2 is 1.60 bits per heavy atom. The molecule has 0 heterocycles. The van der Waals surface area contributed by atoms with Crippen LogP contribution in [0.2, 0.25) is 0 Å². The molecule has 0 aliphatic heterocycles. The summed E-state index contributed by atoms with van der Waals surface area (Å²) in [7, 11) is 0. The molecule has 1 amide bonds. The van der Waals surface area contributed by atoms with E-state index in [1.54, 1.807) is 4.90 Å². The molecule has 4 heteroatoms. The van der Waals surface area contributed by atoms with Crippen molar-refractivity contribution >= 4 is 11.9 Å². The van der Waals surface area contributed by atoms with Gasteiger partial charge in [-0.2, -0.15) is 0 Å². The lowest BCUT2D eigenvalue weighted by atomic mass is 10.1. The molecule has 0 aliphatic carbocycles. The van der Waals surface area contributed by atoms with Crippen LogP contribution in [0.5, 0.6) is 5.75 Å². The Hall–Kier alpha value is -2.62. The fourth-order valence-corrected chi connectivity index (χ4v) is 2.87. The minimum atomic E-state index is -0.325. The summed E-state index contributed by atoms with van der Waals surface area (Å²) in [5.74, 6) is 0.238. The molecule has 0 radical (unpaired) electrons. The molecule has 25 heavy (non-hydrogen) atoms. The van der Waals surface area contributed by atoms with E-state index in [1.807, 2.05) is 63.2 Å². The number of amides is 1. The molecule has 0 aliphatic rings. The molecule has 2 aromatic carbocycles. The van der Waals surface area contributed by atoms with Gasteiger partial charge >= 0.3 is 5.97 Å². The van der Waals surface area contributed by atoms with Gasteiger partial charge in [-0.1, -0.05) is 48.0 Å². The Kier molecular flexibility index (Phi) is 6.34. The molecule has 0 aromatic heterocycles. The number of hydrogen-bond acceptors (Lipinski definition) is 3. The highest BCUT2D eigenvalue weighted by atomic mass is 16.5. The molecular weight excluding hydrogens is 314 g/mol. The normalized spacial score (nSPS) is 10.4. The van der Waals surface area contributed by atoms with Crippen molar-refractivity contribution in [2.24, 2.45) is 0 Å². The standard InChI is InChI=1S/C21H25NO3/c1-15-12-16(2)21(17(3)13-15)25-20(24)10-11-22(18(4)23)14-19-8-6-5-7-9-19/h5-9,12-13H,10-11,14H2,1-4H3. The van der Waals surface area contributed by atoms with E-state index in [4.69, 9.17) is 4.74 Å². The van der Waals surface area contributed by atoms with Crippen molar-refractivity contribution in [3.05, 3.63) is 64.7 Å². The van der Waals surface area contributed by atoms with Crippen LogP contribution in [0.1, 0.15) is 35.6 Å². The van der Waals surface area contributed by atoms with Gasteiger partial charge in [0.25, 0.3) is 0 Å². The molecule has 0 bridgehead atoms. The first-order valence-corrected chi connectivity index (χ1v) is 8.45. The van der Waals surface area contributed by atoms with E-state index in [2.05, 4.69) is 0 Å². The second-order valence-electron chi connectivity index (χ2n) is 6.38. The minimum Gasteiger partial charge on any atom is -0.426 e. The van der Waals surface area contributed by atoms with Crippen LogP contribution < -0.4 is 4.74 Å². The Balaban J connectivity index is 1.96. The van der Waals surface area contributed by atoms with Gasteiger partial charge in [-0.15, -0.1) is 0 Å². The van der Waals surface area contributed by atoms with Gasteiger partial charge in [0.05, 0.1) is 6.42 Å². The zero-order chi connectivity index (χ0) is 18.4. The number of nitrogens with zero attached hydrogens (tertiary/aromatic N) is 1. The van der Waals surface area contributed by atoms with Gasteiger partial charge in [0, 0.05) is 20.0 Å². The van der Waals surface area contributed by atoms with E-state index in [-0.39, 0.29) is 18.3 Å². The third-order valence-electron chi connectivity index (χ3n) is 4.07. The fourth-order valence-electron chi connectivity index (χ4n) is 2.87. The Morgan fingerprint density at radius 1 is 1.00 bits per heavy atom. The summed E-state index contributed by atoms with van der Waals surface area (Å²) in [6.45, 7) is 8.22. The lowest BCUT2D eigenvalue weighted by molar-refractivity contribution is -0.136. The summed E-state index contributed by atoms with van der Waals surface area (Å²) in [6.07, 6.45) is 0.166. The van der Waals surface area contributed by atoms with E-state index in [9.17, 15) is 9.59 Å². The van der Waals surface area contributed by atoms with E-state index in [0.717, 1.165) is 22.3 Å². The van der Waals surface area contributed by atoms with Crippen LogP contribution in [0.15, 0.2) is 42.5 Å². The van der Waals surface area contributed by atoms with Crippen molar-refractivity contribution < 1.29 is 14.3 Å². The summed E-state index contributed by atoms with van der Waals surface area (Å²) in [6, 6.07) is 13.7. The fraction of sp³-hybridized carbons (Fsp3) is 0.333. The lowest BCUT2D eigenvalue weighted by Crippen LogP contribution is -2.31. The molecule has 0 saturated heterocycles. The quantitative estimate of drug-likeness (QED) is 0.591. The summed E-state index contributed by atoms with van der Waals surface area (Å²) in [5, 5.41) is 0. The molecule has 132 valence electrons. The van der Waals surface area contributed by atoms with E-state index in [0.29, 0.717) is 18.8 Å². The van der Waals surface area contributed by atoms with Crippen LogP contribution in [0, 0.1) is 20.8 Å². The molecule has 0 unspecified atom stereocenters. The zero-order valence-electron chi connectivity index (χ0n) is 15.3. The van der Waals surface area contributed by atoms with Gasteiger partial charge in [-0.25, -0.2) is 0 Å². The molecular formula is C21H25NO3. The smallest absolute Gasteiger partial charge is 0.312 e. The maximum atomic E-state index is 12.2. The summed E-state index contributed by atoms with van der Waals surface area (Å²) in [4.78, 5) is 25.7. The number of aryl methyl sites for hydroxylation is 3. The van der Waals surface area contributed by atoms with Crippen molar-refractivity contribution in [2.75, 3.05) is 6.54 Å². The van der Waals surface area contributed by atoms with Gasteiger partial charge in [0.2, 0.25) is 5.91 Å². The average Bonchev–Trinajstić information content (AvgIpc) is 2.55. The molecule has 0 N–H and O–H groups in total. The molecule has 2 rings (SSSR count). The Labute approximate surface area is 149 Å². The second kappa shape index (κ2) is 8.47. The SMILES string of the molecule is CC(=O)N(CCC(=O)Oc1c(C)cc(C)cc1C)Cc1ccccc1. The molecule has 2 aromatic rings. The zero-order valence-corrected chi connectivity index (χ0v) is 15.3. The van der Waals surface area contributed by atoms with E-state index in [1.165, 1.54) is 6.92 Å². The van der Waals surface area contributed by atoms with Gasteiger partial charge < -0.3 is 9.64 Å². The highest BCUT2D eigenvalue weighted by Crippen LogP contribution is 2.25. The van der Waals surface area contributed by atoms with E-state index < -0.39 is 0 Å². The van der Waals surface area contributed by atoms with Gasteiger partial charge in [-0.3, -0.25) is 9.59 Å². The third-order valence-corrected chi connectivity index (χ3v) is 4.07. The van der Waals surface area contributed by atoms with Crippen LogP contribution in [0.3, 0.4) is 0 Å². The molecule has 0 spiro atoms. The van der Waals surface area contributed by atoms with Gasteiger partial charge in [0.15, 0.2) is 0 Å². The second-order valence-corrected chi connectivity index (χ2v) is 6.38. The average molecular weight is 339 g/mol. The van der Waals surface area contributed by atoms with E-state index >= 15 is 0 Å². The highest BCUT2D eigenvalue weighted by molar-refractivity contribution is 5.76. The predicted octanol–water partition coefficient (Wildman–Crippen LogP) is 3.96. The number of hydrogen-bond donors (Lipinski definition) is 0. The van der Waals surface area contributed by atoms with Crippen molar-refractivity contribution in [3.8, 4) is 5.75 Å². The van der Waals surface area contributed by atoms with Crippen LogP contribution in [-0.4, -0.2) is 23.3 Å². The van der Waals surface area contributed by atoms with Crippen LogP contribution >= 0.6 is 0 Å². The Bertz CT molecular complexity index is 730. The number of carbonyl (C=O) groups is 2. The van der Waals surface area contributed by atoms with Crippen molar-refractivity contribution in [2.45, 2.75) is 40.7 Å². The minimum absolute atomic E-state index is 0.0562. The Morgan fingerprint density at radius 3 is 2.16 bits per heavy atom. The molecule has 4 nitrogen and oxygen atoms in total. The van der Waals surface area contributed by atoms with Crippen LogP contribution in [0.25, 0.3) is 0 Å².